The van der Waals surface area contributed by atoms with Gasteiger partial charge in [0.15, 0.2) is 0 Å². The van der Waals surface area contributed by atoms with Crippen LogP contribution in [0.1, 0.15) is 43.2 Å². The number of rotatable bonds is 7. The zero-order valence-corrected chi connectivity index (χ0v) is 13.2. The zero-order chi connectivity index (χ0) is 14.7. The van der Waals surface area contributed by atoms with Crippen LogP contribution < -0.4 is 15.8 Å². The van der Waals surface area contributed by atoms with Crippen molar-refractivity contribution in [2.24, 2.45) is 11.7 Å². The van der Waals surface area contributed by atoms with Gasteiger partial charge in [0.05, 0.1) is 7.11 Å². The summed E-state index contributed by atoms with van der Waals surface area (Å²) in [5.74, 6) is 1.98. The fourth-order valence-corrected chi connectivity index (χ4v) is 3.51. The van der Waals surface area contributed by atoms with Gasteiger partial charge in [-0.25, -0.2) is 0 Å². The van der Waals surface area contributed by atoms with Crippen LogP contribution in [-0.2, 0) is 12.8 Å². The van der Waals surface area contributed by atoms with Crippen LogP contribution in [-0.4, -0.2) is 25.7 Å². The van der Waals surface area contributed by atoms with Crippen molar-refractivity contribution in [1.82, 2.24) is 5.32 Å². The number of nitrogens with one attached hydrogen (secondary N) is 1. The molecule has 0 heterocycles. The molecule has 116 valence electrons. The quantitative estimate of drug-likeness (QED) is 0.758. The van der Waals surface area contributed by atoms with E-state index in [-0.39, 0.29) is 5.54 Å². The average Bonchev–Trinajstić information content (AvgIpc) is 3.35. The molecule has 3 heteroatoms. The molecule has 0 aliphatic heterocycles. The Bertz CT molecular complexity index is 484. The summed E-state index contributed by atoms with van der Waals surface area (Å²) >= 11 is 0. The van der Waals surface area contributed by atoms with Crippen LogP contribution in [0.15, 0.2) is 18.2 Å². The lowest BCUT2D eigenvalue weighted by Crippen LogP contribution is -2.55. The standard InChI is InChI=1S/C18H28N2O/c1-21-17-7-6-15-8-9-18(13-19,12-16(15)11-17)20-10-2-3-14-4-5-14/h6-7,11,14,20H,2-5,8-10,12-13,19H2,1H3. The van der Waals surface area contributed by atoms with Gasteiger partial charge < -0.3 is 15.8 Å². The summed E-state index contributed by atoms with van der Waals surface area (Å²) in [4.78, 5) is 0. The van der Waals surface area contributed by atoms with E-state index in [9.17, 15) is 0 Å². The topological polar surface area (TPSA) is 47.3 Å². The molecule has 3 nitrogen and oxygen atoms in total. The minimum absolute atomic E-state index is 0.0862. The monoisotopic (exact) mass is 288 g/mol. The summed E-state index contributed by atoms with van der Waals surface area (Å²) in [5.41, 5.74) is 9.07. The molecule has 1 aromatic carbocycles. The molecule has 2 aliphatic rings. The second kappa shape index (κ2) is 6.37. The molecule has 0 saturated heterocycles. The number of benzene rings is 1. The molecule has 1 atom stereocenters. The average molecular weight is 288 g/mol. The molecule has 1 saturated carbocycles. The number of nitrogens with two attached hydrogens (primary N) is 1. The van der Waals surface area contributed by atoms with Gasteiger partial charge in [0, 0.05) is 12.1 Å². The van der Waals surface area contributed by atoms with Crippen LogP contribution in [0.25, 0.3) is 0 Å². The molecular formula is C18H28N2O. The maximum atomic E-state index is 6.13. The van der Waals surface area contributed by atoms with Gasteiger partial charge in [-0.3, -0.25) is 0 Å². The molecule has 1 fully saturated rings. The lowest BCUT2D eigenvalue weighted by molar-refractivity contribution is 0.290. The lowest BCUT2D eigenvalue weighted by Gasteiger charge is -2.38. The van der Waals surface area contributed by atoms with E-state index in [2.05, 4.69) is 23.5 Å². The van der Waals surface area contributed by atoms with Gasteiger partial charge >= 0.3 is 0 Å². The van der Waals surface area contributed by atoms with E-state index in [1.807, 2.05) is 0 Å². The predicted molar refractivity (Wildman–Crippen MR) is 86.8 cm³/mol. The number of ether oxygens (including phenoxy) is 1. The van der Waals surface area contributed by atoms with Crippen molar-refractivity contribution in [2.75, 3.05) is 20.2 Å². The van der Waals surface area contributed by atoms with Crippen LogP contribution in [0.3, 0.4) is 0 Å². The summed E-state index contributed by atoms with van der Waals surface area (Å²) < 4.78 is 5.36. The molecule has 1 aromatic rings. The van der Waals surface area contributed by atoms with E-state index in [0.29, 0.717) is 6.54 Å². The fraction of sp³-hybridized carbons (Fsp3) is 0.667. The first-order chi connectivity index (χ1) is 10.2. The molecule has 0 bridgehead atoms. The first kappa shape index (κ1) is 14.9. The molecule has 0 amide bonds. The van der Waals surface area contributed by atoms with Crippen molar-refractivity contribution in [3.63, 3.8) is 0 Å². The summed E-state index contributed by atoms with van der Waals surface area (Å²) in [6.07, 6.45) is 8.87. The molecule has 21 heavy (non-hydrogen) atoms. The van der Waals surface area contributed by atoms with E-state index in [1.165, 1.54) is 36.8 Å². The van der Waals surface area contributed by atoms with Gasteiger partial charge in [0.1, 0.15) is 5.75 Å². The highest BCUT2D eigenvalue weighted by Crippen LogP contribution is 2.34. The number of methoxy groups -OCH3 is 1. The Morgan fingerprint density at radius 2 is 2.19 bits per heavy atom. The van der Waals surface area contributed by atoms with Gasteiger partial charge in [-0.2, -0.15) is 0 Å². The summed E-state index contributed by atoms with van der Waals surface area (Å²) in [6, 6.07) is 6.46. The number of hydrogen-bond acceptors (Lipinski definition) is 3. The summed E-state index contributed by atoms with van der Waals surface area (Å²) in [7, 11) is 1.73. The van der Waals surface area contributed by atoms with Crippen molar-refractivity contribution in [3.8, 4) is 5.75 Å². The van der Waals surface area contributed by atoms with E-state index < -0.39 is 0 Å². The summed E-state index contributed by atoms with van der Waals surface area (Å²) in [5, 5.41) is 3.78. The number of fused-ring (bicyclic) bond motifs is 1. The van der Waals surface area contributed by atoms with Crippen LogP contribution in [0.4, 0.5) is 0 Å². The van der Waals surface area contributed by atoms with Gasteiger partial charge in [0.2, 0.25) is 0 Å². The molecule has 0 spiro atoms. The zero-order valence-electron chi connectivity index (χ0n) is 13.2. The molecule has 3 rings (SSSR count). The summed E-state index contributed by atoms with van der Waals surface area (Å²) in [6.45, 7) is 1.82. The maximum absolute atomic E-state index is 6.13. The third-order valence-corrected chi connectivity index (χ3v) is 5.19. The van der Waals surface area contributed by atoms with Gasteiger partial charge in [-0.05, 0) is 67.8 Å². The Kier molecular flexibility index (Phi) is 4.51. The lowest BCUT2D eigenvalue weighted by atomic mass is 9.77. The first-order valence-electron chi connectivity index (χ1n) is 8.35. The van der Waals surface area contributed by atoms with Gasteiger partial charge in [0.25, 0.3) is 0 Å². The van der Waals surface area contributed by atoms with E-state index in [1.54, 1.807) is 7.11 Å². The smallest absolute Gasteiger partial charge is 0.119 e. The van der Waals surface area contributed by atoms with Gasteiger partial charge in [-0.1, -0.05) is 18.9 Å². The third kappa shape index (κ3) is 3.58. The highest BCUT2D eigenvalue weighted by Gasteiger charge is 2.33. The van der Waals surface area contributed by atoms with Crippen molar-refractivity contribution < 1.29 is 4.74 Å². The molecule has 0 radical (unpaired) electrons. The van der Waals surface area contributed by atoms with E-state index in [0.717, 1.165) is 37.5 Å². The van der Waals surface area contributed by atoms with Crippen LogP contribution in [0, 0.1) is 5.92 Å². The second-order valence-corrected chi connectivity index (χ2v) is 6.81. The molecular weight excluding hydrogens is 260 g/mol. The Morgan fingerprint density at radius 3 is 2.90 bits per heavy atom. The highest BCUT2D eigenvalue weighted by atomic mass is 16.5. The van der Waals surface area contributed by atoms with Crippen molar-refractivity contribution >= 4 is 0 Å². The minimum atomic E-state index is 0.0862. The molecule has 2 aliphatic carbocycles. The molecule has 3 N–H and O–H groups in total. The van der Waals surface area contributed by atoms with Crippen molar-refractivity contribution in [1.29, 1.82) is 0 Å². The molecule has 1 unspecified atom stereocenters. The normalized spacial score (nSPS) is 24.7. The molecule has 0 aromatic heterocycles. The number of hydrogen-bond donors (Lipinski definition) is 2. The Morgan fingerprint density at radius 1 is 1.33 bits per heavy atom. The first-order valence-corrected chi connectivity index (χ1v) is 8.35. The highest BCUT2D eigenvalue weighted by molar-refractivity contribution is 5.39. The van der Waals surface area contributed by atoms with E-state index in [4.69, 9.17) is 10.5 Å². The van der Waals surface area contributed by atoms with Crippen LogP contribution >= 0.6 is 0 Å². The van der Waals surface area contributed by atoms with Crippen molar-refractivity contribution in [2.45, 2.75) is 50.5 Å². The third-order valence-electron chi connectivity index (χ3n) is 5.19. The van der Waals surface area contributed by atoms with Crippen LogP contribution in [0.5, 0.6) is 5.75 Å². The predicted octanol–water partition coefficient (Wildman–Crippen LogP) is 2.66. The minimum Gasteiger partial charge on any atom is -0.497 e. The van der Waals surface area contributed by atoms with Crippen LogP contribution in [0.2, 0.25) is 0 Å². The van der Waals surface area contributed by atoms with Crippen molar-refractivity contribution in [3.05, 3.63) is 29.3 Å². The Labute approximate surface area is 128 Å². The largest absolute Gasteiger partial charge is 0.497 e. The second-order valence-electron chi connectivity index (χ2n) is 6.81. The number of aryl methyl sites for hydroxylation is 1. The van der Waals surface area contributed by atoms with E-state index >= 15 is 0 Å². The Hall–Kier alpha value is -1.06. The maximum Gasteiger partial charge on any atom is 0.119 e. The SMILES string of the molecule is COc1ccc2c(c1)CC(CN)(NCCCC1CC1)CC2. The fourth-order valence-electron chi connectivity index (χ4n) is 3.51. The Balaban J connectivity index is 1.62. The van der Waals surface area contributed by atoms with Gasteiger partial charge in [-0.15, -0.1) is 0 Å².